The number of hydrogen-bond acceptors (Lipinski definition) is 6. The maximum atomic E-state index is 6.13. The van der Waals surface area contributed by atoms with Crippen LogP contribution in [0.15, 0.2) is 4.52 Å². The van der Waals surface area contributed by atoms with Crippen LogP contribution in [0.25, 0.3) is 0 Å². The van der Waals surface area contributed by atoms with Gasteiger partial charge in [0.05, 0.1) is 5.25 Å². The third-order valence-corrected chi connectivity index (χ3v) is 5.85. The number of thioether (sulfide) groups is 2. The predicted octanol–water partition coefficient (Wildman–Crippen LogP) is 2.51. The van der Waals surface area contributed by atoms with E-state index in [4.69, 9.17) is 10.3 Å². The Labute approximate surface area is 117 Å². The third kappa shape index (κ3) is 3.65. The number of rotatable bonds is 3. The zero-order valence-corrected chi connectivity index (χ0v) is 12.8. The lowest BCUT2D eigenvalue weighted by Gasteiger charge is -2.25. The summed E-state index contributed by atoms with van der Waals surface area (Å²) in [5.74, 6) is 4.98. The van der Waals surface area contributed by atoms with Crippen molar-refractivity contribution < 1.29 is 4.52 Å². The minimum Gasteiger partial charge on any atom is -0.339 e. The van der Waals surface area contributed by atoms with Crippen molar-refractivity contribution in [2.45, 2.75) is 38.5 Å². The molecule has 2 N–H and O–H groups in total. The van der Waals surface area contributed by atoms with Gasteiger partial charge in [-0.1, -0.05) is 25.9 Å². The average Bonchev–Trinajstić information content (AvgIpc) is 2.77. The summed E-state index contributed by atoms with van der Waals surface area (Å²) in [5.41, 5.74) is 6.19. The Morgan fingerprint density at radius 3 is 2.83 bits per heavy atom. The molecule has 0 aromatic carbocycles. The highest BCUT2D eigenvalue weighted by atomic mass is 32.2. The maximum Gasteiger partial charge on any atom is 0.228 e. The Kier molecular flexibility index (Phi) is 4.61. The summed E-state index contributed by atoms with van der Waals surface area (Å²) in [6, 6.07) is 0.0409. The Morgan fingerprint density at radius 2 is 2.22 bits per heavy atom. The SMILES string of the molecule is CC(C)(C)C(N)Cc1nc(C2CSCCS2)no1. The summed E-state index contributed by atoms with van der Waals surface area (Å²) < 4.78 is 5.32. The third-order valence-electron chi connectivity index (χ3n) is 3.09. The molecule has 1 saturated heterocycles. The Bertz CT molecular complexity index is 383. The van der Waals surface area contributed by atoms with E-state index in [1.54, 1.807) is 0 Å². The molecule has 4 nitrogen and oxygen atoms in total. The van der Waals surface area contributed by atoms with Gasteiger partial charge in [0.25, 0.3) is 0 Å². The first-order valence-electron chi connectivity index (χ1n) is 6.24. The molecule has 2 atom stereocenters. The van der Waals surface area contributed by atoms with Crippen LogP contribution in [-0.4, -0.2) is 33.4 Å². The molecule has 1 aromatic rings. The van der Waals surface area contributed by atoms with Crippen molar-refractivity contribution in [3.05, 3.63) is 11.7 Å². The van der Waals surface area contributed by atoms with Gasteiger partial charge in [0.15, 0.2) is 5.82 Å². The lowest BCUT2D eigenvalue weighted by molar-refractivity contribution is 0.285. The van der Waals surface area contributed by atoms with E-state index in [2.05, 4.69) is 30.9 Å². The van der Waals surface area contributed by atoms with Crippen molar-refractivity contribution in [2.24, 2.45) is 11.1 Å². The van der Waals surface area contributed by atoms with E-state index in [0.29, 0.717) is 17.6 Å². The largest absolute Gasteiger partial charge is 0.339 e. The van der Waals surface area contributed by atoms with Gasteiger partial charge >= 0.3 is 0 Å². The highest BCUT2D eigenvalue weighted by Gasteiger charge is 2.25. The fraction of sp³-hybridized carbons (Fsp3) is 0.833. The number of hydrogen-bond donors (Lipinski definition) is 1. The van der Waals surface area contributed by atoms with E-state index >= 15 is 0 Å². The molecule has 1 aliphatic heterocycles. The van der Waals surface area contributed by atoms with Crippen LogP contribution in [0.2, 0.25) is 0 Å². The van der Waals surface area contributed by atoms with Crippen LogP contribution in [0.4, 0.5) is 0 Å². The fourth-order valence-electron chi connectivity index (χ4n) is 1.61. The minimum atomic E-state index is 0.0409. The van der Waals surface area contributed by atoms with Crippen LogP contribution < -0.4 is 5.73 Å². The molecular formula is C12H21N3OS2. The van der Waals surface area contributed by atoms with Crippen molar-refractivity contribution in [1.29, 1.82) is 0 Å². The summed E-state index contributed by atoms with van der Waals surface area (Å²) >= 11 is 3.88. The van der Waals surface area contributed by atoms with Crippen molar-refractivity contribution in [3.8, 4) is 0 Å². The predicted molar refractivity (Wildman–Crippen MR) is 78.0 cm³/mol. The molecule has 2 rings (SSSR count). The van der Waals surface area contributed by atoms with E-state index < -0.39 is 0 Å². The van der Waals surface area contributed by atoms with Crippen LogP contribution in [0, 0.1) is 5.41 Å². The van der Waals surface area contributed by atoms with E-state index in [1.807, 2.05) is 23.5 Å². The van der Waals surface area contributed by atoms with Gasteiger partial charge in [-0.15, -0.1) is 11.8 Å². The van der Waals surface area contributed by atoms with Gasteiger partial charge in [-0.3, -0.25) is 0 Å². The van der Waals surface area contributed by atoms with E-state index in [0.717, 1.165) is 11.6 Å². The molecule has 1 aromatic heterocycles. The first-order valence-corrected chi connectivity index (χ1v) is 8.44. The van der Waals surface area contributed by atoms with Crippen molar-refractivity contribution in [3.63, 3.8) is 0 Å². The standard InChI is InChI=1S/C12H21N3OS2/c1-12(2,3)9(13)6-10-14-11(15-16-10)8-7-17-4-5-18-8/h8-9H,4-7,13H2,1-3H3. The van der Waals surface area contributed by atoms with Crippen LogP contribution in [-0.2, 0) is 6.42 Å². The van der Waals surface area contributed by atoms with Crippen molar-refractivity contribution in [1.82, 2.24) is 10.1 Å². The maximum absolute atomic E-state index is 6.13. The molecule has 1 fully saturated rings. The normalized spacial score (nSPS) is 23.0. The van der Waals surface area contributed by atoms with Crippen molar-refractivity contribution in [2.75, 3.05) is 17.3 Å². The summed E-state index contributed by atoms with van der Waals surface area (Å²) in [5, 5.41) is 4.48. The zero-order chi connectivity index (χ0) is 13.2. The quantitative estimate of drug-likeness (QED) is 0.921. The molecule has 0 bridgehead atoms. The summed E-state index contributed by atoms with van der Waals surface area (Å²) in [6.45, 7) is 6.38. The highest BCUT2D eigenvalue weighted by Crippen LogP contribution is 2.35. The molecule has 0 aliphatic carbocycles. The van der Waals surface area contributed by atoms with Crippen LogP contribution >= 0.6 is 23.5 Å². The average molecular weight is 287 g/mol. The number of aromatic nitrogens is 2. The Hall–Kier alpha value is -0.200. The second kappa shape index (κ2) is 5.84. The first-order chi connectivity index (χ1) is 8.47. The van der Waals surface area contributed by atoms with Crippen LogP contribution in [0.5, 0.6) is 0 Å². The molecule has 2 heterocycles. The van der Waals surface area contributed by atoms with Crippen LogP contribution in [0.1, 0.15) is 37.7 Å². The Morgan fingerprint density at radius 1 is 1.44 bits per heavy atom. The van der Waals surface area contributed by atoms with E-state index in [1.165, 1.54) is 11.5 Å². The number of nitrogens with zero attached hydrogens (tertiary/aromatic N) is 2. The molecular weight excluding hydrogens is 266 g/mol. The monoisotopic (exact) mass is 287 g/mol. The van der Waals surface area contributed by atoms with Gasteiger partial charge in [-0.05, 0) is 5.41 Å². The number of nitrogens with two attached hydrogens (primary N) is 1. The van der Waals surface area contributed by atoms with Crippen molar-refractivity contribution >= 4 is 23.5 Å². The molecule has 18 heavy (non-hydrogen) atoms. The second-order valence-electron chi connectivity index (χ2n) is 5.66. The van der Waals surface area contributed by atoms with Gasteiger partial charge in [0.2, 0.25) is 5.89 Å². The lowest BCUT2D eigenvalue weighted by Crippen LogP contribution is -2.37. The molecule has 0 saturated carbocycles. The Balaban J connectivity index is 1.97. The van der Waals surface area contributed by atoms with Gasteiger partial charge in [0, 0.05) is 29.7 Å². The minimum absolute atomic E-state index is 0.0409. The van der Waals surface area contributed by atoms with Gasteiger partial charge < -0.3 is 10.3 Å². The smallest absolute Gasteiger partial charge is 0.228 e. The molecule has 0 spiro atoms. The van der Waals surface area contributed by atoms with E-state index in [-0.39, 0.29) is 11.5 Å². The molecule has 6 heteroatoms. The van der Waals surface area contributed by atoms with Gasteiger partial charge in [0.1, 0.15) is 0 Å². The molecule has 0 radical (unpaired) electrons. The second-order valence-corrected chi connectivity index (χ2v) is 8.12. The first kappa shape index (κ1) is 14.2. The van der Waals surface area contributed by atoms with E-state index in [9.17, 15) is 0 Å². The van der Waals surface area contributed by atoms with Gasteiger partial charge in [-0.25, -0.2) is 0 Å². The zero-order valence-electron chi connectivity index (χ0n) is 11.2. The molecule has 1 aliphatic rings. The summed E-state index contributed by atoms with van der Waals surface area (Å²) in [6.07, 6.45) is 0.654. The van der Waals surface area contributed by atoms with Crippen LogP contribution in [0.3, 0.4) is 0 Å². The lowest BCUT2D eigenvalue weighted by atomic mass is 9.85. The molecule has 2 unspecified atom stereocenters. The fourth-order valence-corrected chi connectivity index (χ4v) is 4.20. The summed E-state index contributed by atoms with van der Waals surface area (Å²) in [4.78, 5) is 4.50. The highest BCUT2D eigenvalue weighted by molar-refractivity contribution is 8.06. The topological polar surface area (TPSA) is 64.9 Å². The molecule has 102 valence electrons. The summed E-state index contributed by atoms with van der Waals surface area (Å²) in [7, 11) is 0. The van der Waals surface area contributed by atoms with Gasteiger partial charge in [-0.2, -0.15) is 16.7 Å². The molecule has 0 amide bonds.